The summed E-state index contributed by atoms with van der Waals surface area (Å²) < 4.78 is 0. The molecule has 100 valence electrons. The fourth-order valence-corrected chi connectivity index (χ4v) is 3.98. The number of hydrogen-bond acceptors (Lipinski definition) is 2. The minimum Gasteiger partial charge on any atom is -0.393 e. The lowest BCUT2D eigenvalue weighted by Gasteiger charge is -2.38. The van der Waals surface area contributed by atoms with Gasteiger partial charge in [-0.3, -0.25) is 0 Å². The summed E-state index contributed by atoms with van der Waals surface area (Å²) in [6.45, 7) is 4.52. The largest absolute Gasteiger partial charge is 0.393 e. The molecule has 4 unspecified atom stereocenters. The number of fused-ring (bicyclic) bond motifs is 2. The fourth-order valence-electron chi connectivity index (χ4n) is 3.98. The van der Waals surface area contributed by atoms with E-state index in [9.17, 15) is 5.11 Å². The maximum absolute atomic E-state index is 10.4. The minimum atomic E-state index is -0.0478. The second kappa shape index (κ2) is 5.71. The summed E-state index contributed by atoms with van der Waals surface area (Å²) in [4.78, 5) is 2.55. The lowest BCUT2D eigenvalue weighted by Crippen LogP contribution is -2.43. The van der Waals surface area contributed by atoms with E-state index in [2.05, 4.69) is 25.8 Å². The van der Waals surface area contributed by atoms with Crippen molar-refractivity contribution < 1.29 is 5.11 Å². The summed E-state index contributed by atoms with van der Waals surface area (Å²) in [5.74, 6) is 1.26. The van der Waals surface area contributed by atoms with Crippen LogP contribution in [-0.4, -0.2) is 35.2 Å². The normalized spacial score (nSPS) is 37.1. The molecule has 0 amide bonds. The fraction of sp³-hybridized carbons (Fsp3) is 1.00. The van der Waals surface area contributed by atoms with Crippen LogP contribution in [0.25, 0.3) is 0 Å². The average molecular weight is 239 g/mol. The Labute approximate surface area is 106 Å². The van der Waals surface area contributed by atoms with Crippen LogP contribution >= 0.6 is 0 Å². The van der Waals surface area contributed by atoms with E-state index in [1.165, 1.54) is 38.5 Å². The van der Waals surface area contributed by atoms with E-state index in [1.807, 2.05) is 0 Å². The van der Waals surface area contributed by atoms with Gasteiger partial charge >= 0.3 is 0 Å². The van der Waals surface area contributed by atoms with Crippen LogP contribution in [0.2, 0.25) is 0 Å². The van der Waals surface area contributed by atoms with Gasteiger partial charge in [0.1, 0.15) is 0 Å². The number of aliphatic hydroxyl groups excluding tert-OH is 1. The van der Waals surface area contributed by atoms with E-state index in [-0.39, 0.29) is 6.10 Å². The Hall–Kier alpha value is -0.0800. The number of aliphatic hydroxyl groups is 1. The van der Waals surface area contributed by atoms with Crippen molar-refractivity contribution in [2.24, 2.45) is 11.8 Å². The molecule has 4 atom stereocenters. The molecule has 0 saturated carbocycles. The zero-order chi connectivity index (χ0) is 12.4. The highest BCUT2D eigenvalue weighted by Crippen LogP contribution is 2.39. The molecule has 2 aliphatic heterocycles. The monoisotopic (exact) mass is 239 g/mol. The molecule has 0 spiro atoms. The highest BCUT2D eigenvalue weighted by Gasteiger charge is 2.40. The number of rotatable bonds is 5. The second-order valence-electron chi connectivity index (χ2n) is 6.48. The Morgan fingerprint density at radius 3 is 2.35 bits per heavy atom. The molecule has 2 rings (SSSR count). The molecule has 17 heavy (non-hydrogen) atoms. The lowest BCUT2D eigenvalue weighted by atomic mass is 9.82. The van der Waals surface area contributed by atoms with Crippen LogP contribution in [0, 0.1) is 11.8 Å². The van der Waals surface area contributed by atoms with Crippen molar-refractivity contribution >= 4 is 0 Å². The third-order valence-corrected chi connectivity index (χ3v) is 5.10. The van der Waals surface area contributed by atoms with Crippen LogP contribution in [0.3, 0.4) is 0 Å². The van der Waals surface area contributed by atoms with E-state index in [0.717, 1.165) is 18.5 Å². The average Bonchev–Trinajstić information content (AvgIpc) is 2.53. The number of hydrogen-bond donors (Lipinski definition) is 1. The van der Waals surface area contributed by atoms with Crippen molar-refractivity contribution in [2.75, 3.05) is 7.05 Å². The first-order chi connectivity index (χ1) is 8.11. The third kappa shape index (κ3) is 3.03. The van der Waals surface area contributed by atoms with E-state index in [0.29, 0.717) is 11.8 Å². The number of piperidine rings is 1. The molecule has 2 aliphatic rings. The Morgan fingerprint density at radius 1 is 1.24 bits per heavy atom. The van der Waals surface area contributed by atoms with Crippen LogP contribution in [0.4, 0.5) is 0 Å². The maximum atomic E-state index is 10.4. The van der Waals surface area contributed by atoms with Crippen LogP contribution in [-0.2, 0) is 0 Å². The van der Waals surface area contributed by atoms with E-state index < -0.39 is 0 Å². The molecule has 0 aromatic heterocycles. The predicted molar refractivity (Wildman–Crippen MR) is 72.0 cm³/mol. The van der Waals surface area contributed by atoms with Crippen molar-refractivity contribution in [2.45, 2.75) is 77.0 Å². The molecule has 2 heterocycles. The van der Waals surface area contributed by atoms with Crippen molar-refractivity contribution in [3.63, 3.8) is 0 Å². The molecule has 0 aromatic rings. The molecular formula is C15H29NO. The van der Waals surface area contributed by atoms with Gasteiger partial charge in [-0.2, -0.15) is 0 Å². The van der Waals surface area contributed by atoms with Crippen molar-refractivity contribution in [1.82, 2.24) is 4.90 Å². The zero-order valence-corrected chi connectivity index (χ0v) is 11.7. The maximum Gasteiger partial charge on any atom is 0.0572 e. The van der Waals surface area contributed by atoms with Gasteiger partial charge in [-0.1, -0.05) is 26.7 Å². The summed E-state index contributed by atoms with van der Waals surface area (Å²) in [7, 11) is 2.27. The van der Waals surface area contributed by atoms with Gasteiger partial charge in [0.15, 0.2) is 0 Å². The van der Waals surface area contributed by atoms with Crippen molar-refractivity contribution in [3.8, 4) is 0 Å². The van der Waals surface area contributed by atoms with Gasteiger partial charge in [0.25, 0.3) is 0 Å². The standard InChI is InChI=1S/C15H29NO/c1-4-5-11(2)8-15(17)12-9-13-6-7-14(10-12)16(13)3/h11-15,17H,4-10H2,1-3H3. The molecule has 0 radical (unpaired) electrons. The van der Waals surface area contributed by atoms with Gasteiger partial charge < -0.3 is 10.0 Å². The molecule has 2 fully saturated rings. The lowest BCUT2D eigenvalue weighted by molar-refractivity contribution is 0.0232. The quantitative estimate of drug-likeness (QED) is 0.797. The third-order valence-electron chi connectivity index (χ3n) is 5.10. The van der Waals surface area contributed by atoms with Crippen molar-refractivity contribution in [3.05, 3.63) is 0 Å². The second-order valence-corrected chi connectivity index (χ2v) is 6.48. The van der Waals surface area contributed by atoms with E-state index >= 15 is 0 Å². The predicted octanol–water partition coefficient (Wildman–Crippen LogP) is 3.05. The smallest absolute Gasteiger partial charge is 0.0572 e. The number of nitrogens with zero attached hydrogens (tertiary/aromatic N) is 1. The first-order valence-electron chi connectivity index (χ1n) is 7.51. The molecule has 2 heteroatoms. The van der Waals surface area contributed by atoms with Crippen LogP contribution in [0.15, 0.2) is 0 Å². The van der Waals surface area contributed by atoms with Crippen LogP contribution in [0.5, 0.6) is 0 Å². The molecule has 2 nitrogen and oxygen atoms in total. The first-order valence-corrected chi connectivity index (χ1v) is 7.51. The zero-order valence-electron chi connectivity index (χ0n) is 11.7. The molecular weight excluding hydrogens is 210 g/mol. The van der Waals surface area contributed by atoms with Gasteiger partial charge in [-0.15, -0.1) is 0 Å². The van der Waals surface area contributed by atoms with Crippen LogP contribution < -0.4 is 0 Å². The Bertz CT molecular complexity index is 229. The Kier molecular flexibility index (Phi) is 4.48. The first kappa shape index (κ1) is 13.4. The summed E-state index contributed by atoms with van der Waals surface area (Å²) in [5, 5.41) is 10.4. The van der Waals surface area contributed by atoms with Gasteiger partial charge in [-0.05, 0) is 51.0 Å². The highest BCUT2D eigenvalue weighted by molar-refractivity contribution is 4.95. The summed E-state index contributed by atoms with van der Waals surface area (Å²) in [6.07, 6.45) is 8.64. The van der Waals surface area contributed by atoms with E-state index in [1.54, 1.807) is 0 Å². The molecule has 0 aliphatic carbocycles. The van der Waals surface area contributed by atoms with Gasteiger partial charge in [0, 0.05) is 12.1 Å². The van der Waals surface area contributed by atoms with Crippen LogP contribution in [0.1, 0.15) is 58.8 Å². The molecule has 2 bridgehead atoms. The van der Waals surface area contributed by atoms with Crippen molar-refractivity contribution in [1.29, 1.82) is 0 Å². The minimum absolute atomic E-state index is 0.0478. The SMILES string of the molecule is CCCC(C)CC(O)C1CC2CCC(C1)N2C. The Balaban J connectivity index is 1.83. The van der Waals surface area contributed by atoms with E-state index in [4.69, 9.17) is 0 Å². The molecule has 1 N–H and O–H groups in total. The van der Waals surface area contributed by atoms with Gasteiger partial charge in [0.2, 0.25) is 0 Å². The summed E-state index contributed by atoms with van der Waals surface area (Å²) >= 11 is 0. The molecule has 2 saturated heterocycles. The molecule has 0 aromatic carbocycles. The summed E-state index contributed by atoms with van der Waals surface area (Å²) in [6, 6.07) is 1.52. The highest BCUT2D eigenvalue weighted by atomic mass is 16.3. The van der Waals surface area contributed by atoms with Gasteiger partial charge in [0.05, 0.1) is 6.10 Å². The Morgan fingerprint density at radius 2 is 1.82 bits per heavy atom. The summed E-state index contributed by atoms with van der Waals surface area (Å²) in [5.41, 5.74) is 0. The topological polar surface area (TPSA) is 23.5 Å². The van der Waals surface area contributed by atoms with Gasteiger partial charge in [-0.25, -0.2) is 0 Å².